The van der Waals surface area contributed by atoms with E-state index in [-0.39, 0.29) is 5.60 Å². The van der Waals surface area contributed by atoms with Crippen LogP contribution in [0.15, 0.2) is 24.3 Å². The summed E-state index contributed by atoms with van der Waals surface area (Å²) in [7, 11) is 5.92. The largest absolute Gasteiger partial charge is 0.381 e. The van der Waals surface area contributed by atoms with Crippen LogP contribution in [0.2, 0.25) is 0 Å². The Bertz CT molecular complexity index is 769. The summed E-state index contributed by atoms with van der Waals surface area (Å²) in [5, 5.41) is 1.34. The molecule has 4 nitrogen and oxygen atoms in total. The number of benzene rings is 1. The molecule has 25 heavy (non-hydrogen) atoms. The molecule has 0 N–H and O–H groups in total. The molecule has 0 unspecified atom stereocenters. The SMILES string of the molecule is CO[C@H]1CC[C@@]2(OC)CCN(Cc3cc4cc(C)ccc4n3C)[C@H]2C1. The van der Waals surface area contributed by atoms with Crippen molar-refractivity contribution in [1.82, 2.24) is 9.47 Å². The standard InChI is InChI=1S/C21H30N2O2/c1-15-5-6-19-16(11-15)12-17(22(19)2)14-23-10-9-21(25-4)8-7-18(24-3)13-20(21)23/h5-6,11-12,18,20H,7-10,13-14H2,1-4H3/t18-,20-,21+/m0/s1. The first-order valence-electron chi connectivity index (χ1n) is 9.43. The van der Waals surface area contributed by atoms with E-state index in [0.29, 0.717) is 12.1 Å². The van der Waals surface area contributed by atoms with Gasteiger partial charge in [-0.15, -0.1) is 0 Å². The minimum absolute atomic E-state index is 0.0240. The topological polar surface area (TPSA) is 26.6 Å². The molecule has 0 amide bonds. The van der Waals surface area contributed by atoms with Gasteiger partial charge in [-0.2, -0.15) is 0 Å². The number of likely N-dealkylation sites (tertiary alicyclic amines) is 1. The Morgan fingerprint density at radius 3 is 2.80 bits per heavy atom. The van der Waals surface area contributed by atoms with Gasteiger partial charge in [-0.3, -0.25) is 4.90 Å². The summed E-state index contributed by atoms with van der Waals surface area (Å²) in [5.74, 6) is 0. The molecule has 0 bridgehead atoms. The summed E-state index contributed by atoms with van der Waals surface area (Å²) in [6.07, 6.45) is 4.80. The number of ether oxygens (including phenoxy) is 2. The molecule has 1 aliphatic carbocycles. The summed E-state index contributed by atoms with van der Waals surface area (Å²) in [6, 6.07) is 9.52. The van der Waals surface area contributed by atoms with Crippen LogP contribution < -0.4 is 0 Å². The lowest BCUT2D eigenvalue weighted by Gasteiger charge is -2.43. The summed E-state index contributed by atoms with van der Waals surface area (Å²) < 4.78 is 14.1. The van der Waals surface area contributed by atoms with Crippen LogP contribution in [-0.4, -0.2) is 48.0 Å². The number of nitrogens with zero attached hydrogens (tertiary/aromatic N) is 2. The second kappa shape index (κ2) is 6.42. The van der Waals surface area contributed by atoms with Crippen molar-refractivity contribution < 1.29 is 9.47 Å². The average Bonchev–Trinajstić information content (AvgIpc) is 3.13. The average molecular weight is 342 g/mol. The van der Waals surface area contributed by atoms with Gasteiger partial charge in [-0.25, -0.2) is 0 Å². The van der Waals surface area contributed by atoms with Crippen LogP contribution in [0.1, 0.15) is 36.9 Å². The number of aryl methyl sites for hydroxylation is 2. The lowest BCUT2D eigenvalue weighted by molar-refractivity contribution is -0.0948. The van der Waals surface area contributed by atoms with Gasteiger partial charge in [0.1, 0.15) is 0 Å². The third-order valence-corrected chi connectivity index (χ3v) is 6.65. The molecule has 0 spiro atoms. The third kappa shape index (κ3) is 2.80. The van der Waals surface area contributed by atoms with Gasteiger partial charge in [0.25, 0.3) is 0 Å². The molecule has 136 valence electrons. The van der Waals surface area contributed by atoms with Crippen molar-refractivity contribution in [3.8, 4) is 0 Å². The molecule has 0 radical (unpaired) electrons. The quantitative estimate of drug-likeness (QED) is 0.849. The number of methoxy groups -OCH3 is 2. The van der Waals surface area contributed by atoms with E-state index in [0.717, 1.165) is 38.8 Å². The van der Waals surface area contributed by atoms with Crippen molar-refractivity contribution in [3.63, 3.8) is 0 Å². The predicted molar refractivity (Wildman–Crippen MR) is 101 cm³/mol. The van der Waals surface area contributed by atoms with E-state index in [4.69, 9.17) is 9.47 Å². The van der Waals surface area contributed by atoms with Gasteiger partial charge in [0.2, 0.25) is 0 Å². The van der Waals surface area contributed by atoms with Crippen molar-refractivity contribution in [2.75, 3.05) is 20.8 Å². The Hall–Kier alpha value is -1.36. The smallest absolute Gasteiger partial charge is 0.0847 e. The highest BCUT2D eigenvalue weighted by atomic mass is 16.5. The minimum atomic E-state index is 0.0240. The van der Waals surface area contributed by atoms with E-state index in [2.05, 4.69) is 47.7 Å². The number of rotatable bonds is 4. The first-order valence-corrected chi connectivity index (χ1v) is 9.43. The molecule has 4 heteroatoms. The number of aromatic nitrogens is 1. The van der Waals surface area contributed by atoms with E-state index in [1.54, 1.807) is 0 Å². The van der Waals surface area contributed by atoms with E-state index in [1.165, 1.54) is 22.2 Å². The van der Waals surface area contributed by atoms with Crippen LogP contribution in [0.4, 0.5) is 0 Å². The second-order valence-corrected chi connectivity index (χ2v) is 7.89. The predicted octanol–water partition coefficient (Wildman–Crippen LogP) is 3.65. The van der Waals surface area contributed by atoms with Gasteiger partial charge in [0.15, 0.2) is 0 Å². The number of hydrogen-bond acceptors (Lipinski definition) is 3. The molecule has 4 rings (SSSR count). The van der Waals surface area contributed by atoms with Gasteiger partial charge >= 0.3 is 0 Å². The molecular weight excluding hydrogens is 312 g/mol. The molecule has 1 saturated carbocycles. The highest BCUT2D eigenvalue weighted by Crippen LogP contribution is 2.43. The highest BCUT2D eigenvalue weighted by molar-refractivity contribution is 5.82. The Labute approximate surface area is 150 Å². The van der Waals surface area contributed by atoms with Gasteiger partial charge in [0, 0.05) is 57.0 Å². The first kappa shape index (κ1) is 17.1. The van der Waals surface area contributed by atoms with E-state index >= 15 is 0 Å². The van der Waals surface area contributed by atoms with Crippen LogP contribution in [0, 0.1) is 6.92 Å². The van der Waals surface area contributed by atoms with Gasteiger partial charge in [0.05, 0.1) is 11.7 Å². The monoisotopic (exact) mass is 342 g/mol. The molecule has 1 aromatic carbocycles. The zero-order chi connectivity index (χ0) is 17.6. The Morgan fingerprint density at radius 2 is 2.04 bits per heavy atom. The molecule has 1 saturated heterocycles. The third-order valence-electron chi connectivity index (χ3n) is 6.65. The van der Waals surface area contributed by atoms with Crippen molar-refractivity contribution >= 4 is 10.9 Å². The van der Waals surface area contributed by atoms with Crippen LogP contribution in [0.5, 0.6) is 0 Å². The van der Waals surface area contributed by atoms with Crippen molar-refractivity contribution in [2.45, 2.75) is 56.9 Å². The summed E-state index contributed by atoms with van der Waals surface area (Å²) in [6.45, 7) is 4.25. The molecule has 1 aromatic heterocycles. The molecular formula is C21H30N2O2. The molecule has 3 atom stereocenters. The Morgan fingerprint density at radius 1 is 1.20 bits per heavy atom. The fraction of sp³-hybridized carbons (Fsp3) is 0.619. The van der Waals surface area contributed by atoms with Gasteiger partial charge in [-0.05, 0) is 50.8 Å². The normalized spacial score (nSPS) is 30.1. The minimum Gasteiger partial charge on any atom is -0.381 e. The van der Waals surface area contributed by atoms with Gasteiger partial charge in [-0.1, -0.05) is 11.6 Å². The second-order valence-electron chi connectivity index (χ2n) is 7.89. The lowest BCUT2D eigenvalue weighted by Crippen LogP contribution is -2.51. The summed E-state index contributed by atoms with van der Waals surface area (Å²) in [5.41, 5.74) is 4.04. The Balaban J connectivity index is 1.61. The molecule has 1 aliphatic heterocycles. The Kier molecular flexibility index (Phi) is 4.38. The fourth-order valence-electron chi connectivity index (χ4n) is 5.04. The maximum absolute atomic E-state index is 6.06. The van der Waals surface area contributed by atoms with Crippen LogP contribution >= 0.6 is 0 Å². The maximum atomic E-state index is 6.06. The van der Waals surface area contributed by atoms with Crippen LogP contribution in [0.3, 0.4) is 0 Å². The van der Waals surface area contributed by atoms with Crippen molar-refractivity contribution in [1.29, 1.82) is 0 Å². The van der Waals surface area contributed by atoms with Crippen molar-refractivity contribution in [2.24, 2.45) is 7.05 Å². The molecule has 2 fully saturated rings. The zero-order valence-electron chi connectivity index (χ0n) is 15.9. The van der Waals surface area contributed by atoms with Crippen LogP contribution in [0.25, 0.3) is 10.9 Å². The lowest BCUT2D eigenvalue weighted by atomic mass is 9.79. The number of hydrogen-bond donors (Lipinski definition) is 0. The van der Waals surface area contributed by atoms with Crippen molar-refractivity contribution in [3.05, 3.63) is 35.5 Å². The number of fused-ring (bicyclic) bond motifs is 2. The zero-order valence-corrected chi connectivity index (χ0v) is 15.9. The molecule has 2 aromatic rings. The van der Waals surface area contributed by atoms with E-state index < -0.39 is 0 Å². The van der Waals surface area contributed by atoms with Crippen LogP contribution in [-0.2, 0) is 23.1 Å². The summed E-state index contributed by atoms with van der Waals surface area (Å²) in [4.78, 5) is 2.62. The van der Waals surface area contributed by atoms with Gasteiger partial charge < -0.3 is 14.0 Å². The highest BCUT2D eigenvalue weighted by Gasteiger charge is 2.51. The van der Waals surface area contributed by atoms with E-state index in [9.17, 15) is 0 Å². The fourth-order valence-corrected chi connectivity index (χ4v) is 5.04. The summed E-state index contributed by atoms with van der Waals surface area (Å²) >= 11 is 0. The molecule has 2 aliphatic rings. The first-order chi connectivity index (χ1) is 12.1. The molecule has 2 heterocycles. The van der Waals surface area contributed by atoms with E-state index in [1.807, 2.05) is 14.2 Å². The maximum Gasteiger partial charge on any atom is 0.0847 e.